The molecule has 0 unspecified atom stereocenters. The smallest absolute Gasteiger partial charge is 0.255 e. The summed E-state index contributed by atoms with van der Waals surface area (Å²) in [6.45, 7) is 4.37. The molecule has 0 fully saturated rings. The Morgan fingerprint density at radius 1 is 1.12 bits per heavy atom. The molecule has 1 amide bonds. The lowest BCUT2D eigenvalue weighted by Crippen LogP contribution is -2.34. The lowest BCUT2D eigenvalue weighted by molar-refractivity contribution is 0.0709. The molecule has 0 radical (unpaired) electrons. The fraction of sp³-hybridized carbons (Fsp3) is 0.238. The number of hydrogen-bond acceptors (Lipinski definition) is 3. The van der Waals surface area contributed by atoms with Crippen molar-refractivity contribution in [1.29, 1.82) is 0 Å². The maximum atomic E-state index is 13.2. The number of pyridine rings is 1. The molecule has 2 N–H and O–H groups in total. The summed E-state index contributed by atoms with van der Waals surface area (Å²) in [6, 6.07) is 14.8. The predicted molar refractivity (Wildman–Crippen MR) is 102 cm³/mol. The van der Waals surface area contributed by atoms with Crippen LogP contribution in [0.3, 0.4) is 0 Å². The molecule has 3 rings (SSSR count). The largest absolute Gasteiger partial charge is 0.395 e. The fourth-order valence-electron chi connectivity index (χ4n) is 3.08. The van der Waals surface area contributed by atoms with Crippen molar-refractivity contribution in [2.75, 3.05) is 13.2 Å². The molecule has 0 aliphatic carbocycles. The maximum absolute atomic E-state index is 13.2. The number of carbonyl (C=O) groups excluding carboxylic acids is 1. The topological polar surface area (TPSA) is 73.4 Å². The van der Waals surface area contributed by atoms with Crippen molar-refractivity contribution in [3.05, 3.63) is 81.1 Å². The summed E-state index contributed by atoms with van der Waals surface area (Å²) in [6.07, 6.45) is 0. The normalized spacial score (nSPS) is 10.9. The van der Waals surface area contributed by atoms with Gasteiger partial charge in [0.25, 0.3) is 5.91 Å². The first-order valence-electron chi connectivity index (χ1n) is 8.58. The lowest BCUT2D eigenvalue weighted by Gasteiger charge is -2.23. The van der Waals surface area contributed by atoms with Crippen LogP contribution in [-0.2, 0) is 6.54 Å². The third kappa shape index (κ3) is 3.68. The molecule has 26 heavy (non-hydrogen) atoms. The molecule has 0 bridgehead atoms. The van der Waals surface area contributed by atoms with E-state index in [-0.39, 0.29) is 24.6 Å². The Morgan fingerprint density at radius 2 is 1.88 bits per heavy atom. The summed E-state index contributed by atoms with van der Waals surface area (Å²) in [5.74, 6) is -0.260. The fourth-order valence-corrected chi connectivity index (χ4v) is 3.08. The summed E-state index contributed by atoms with van der Waals surface area (Å²) >= 11 is 0. The number of nitrogens with zero attached hydrogens (tertiary/aromatic N) is 1. The molecular formula is C21H22N2O3. The summed E-state index contributed by atoms with van der Waals surface area (Å²) in [7, 11) is 0. The number of carbonyl (C=O) groups is 1. The van der Waals surface area contributed by atoms with E-state index in [1.807, 2.05) is 50.2 Å². The van der Waals surface area contributed by atoms with Gasteiger partial charge in [0.2, 0.25) is 5.56 Å². The van der Waals surface area contributed by atoms with E-state index in [4.69, 9.17) is 0 Å². The van der Waals surface area contributed by atoms with Crippen molar-refractivity contribution < 1.29 is 9.90 Å². The summed E-state index contributed by atoms with van der Waals surface area (Å²) < 4.78 is 0. The van der Waals surface area contributed by atoms with E-state index in [2.05, 4.69) is 4.98 Å². The highest BCUT2D eigenvalue weighted by atomic mass is 16.3. The average Bonchev–Trinajstić information content (AvgIpc) is 2.62. The molecule has 0 atom stereocenters. The highest BCUT2D eigenvalue weighted by molar-refractivity contribution is 6.06. The van der Waals surface area contributed by atoms with E-state index in [1.165, 1.54) is 6.07 Å². The van der Waals surface area contributed by atoms with Gasteiger partial charge in [0.1, 0.15) is 0 Å². The van der Waals surface area contributed by atoms with Gasteiger partial charge >= 0.3 is 0 Å². The Labute approximate surface area is 151 Å². The quantitative estimate of drug-likeness (QED) is 0.743. The molecule has 0 saturated heterocycles. The van der Waals surface area contributed by atoms with Crippen LogP contribution in [0.4, 0.5) is 0 Å². The van der Waals surface area contributed by atoms with Crippen molar-refractivity contribution in [3.63, 3.8) is 0 Å². The van der Waals surface area contributed by atoms with Gasteiger partial charge in [-0.2, -0.15) is 0 Å². The van der Waals surface area contributed by atoms with E-state index < -0.39 is 0 Å². The van der Waals surface area contributed by atoms with Crippen LogP contribution < -0.4 is 5.56 Å². The van der Waals surface area contributed by atoms with E-state index in [0.29, 0.717) is 23.0 Å². The number of aliphatic hydroxyl groups is 1. The zero-order chi connectivity index (χ0) is 18.7. The lowest BCUT2D eigenvalue weighted by atomic mass is 10.0. The number of aromatic nitrogens is 1. The Balaban J connectivity index is 2.05. The Morgan fingerprint density at radius 3 is 2.62 bits per heavy atom. The highest BCUT2D eigenvalue weighted by Crippen LogP contribution is 2.20. The van der Waals surface area contributed by atoms with Gasteiger partial charge in [-0.25, -0.2) is 0 Å². The van der Waals surface area contributed by atoms with Crippen LogP contribution >= 0.6 is 0 Å². The number of amides is 1. The highest BCUT2D eigenvalue weighted by Gasteiger charge is 2.20. The van der Waals surface area contributed by atoms with Gasteiger partial charge in [-0.05, 0) is 37.1 Å². The van der Waals surface area contributed by atoms with E-state index >= 15 is 0 Å². The monoisotopic (exact) mass is 350 g/mol. The number of rotatable bonds is 5. The average molecular weight is 350 g/mol. The summed E-state index contributed by atoms with van der Waals surface area (Å²) in [5.41, 5.74) is 3.77. The van der Waals surface area contributed by atoms with E-state index in [9.17, 15) is 14.7 Å². The Bertz CT molecular complexity index is 1010. The number of fused-ring (bicyclic) bond motifs is 1. The van der Waals surface area contributed by atoms with Crippen LogP contribution in [0.2, 0.25) is 0 Å². The molecule has 5 heteroatoms. The number of nitrogens with one attached hydrogen (secondary N) is 1. The molecule has 2 aromatic carbocycles. The number of aliphatic hydroxyl groups excluding tert-OH is 1. The van der Waals surface area contributed by atoms with Crippen molar-refractivity contribution >= 4 is 16.8 Å². The van der Waals surface area contributed by atoms with Crippen LogP contribution in [0, 0.1) is 13.8 Å². The molecule has 0 aliphatic heterocycles. The van der Waals surface area contributed by atoms with Gasteiger partial charge in [-0.3, -0.25) is 9.59 Å². The van der Waals surface area contributed by atoms with Crippen LogP contribution in [0.15, 0.2) is 53.3 Å². The molecule has 5 nitrogen and oxygen atoms in total. The molecule has 1 heterocycles. The molecule has 0 saturated carbocycles. The van der Waals surface area contributed by atoms with Crippen LogP contribution in [0.25, 0.3) is 10.9 Å². The number of H-pyrrole nitrogens is 1. The second-order valence-electron chi connectivity index (χ2n) is 6.47. The maximum Gasteiger partial charge on any atom is 0.255 e. The minimum absolute atomic E-state index is 0.141. The first kappa shape index (κ1) is 17.9. The number of aryl methyl sites for hydroxylation is 2. The van der Waals surface area contributed by atoms with Crippen molar-refractivity contribution in [2.24, 2.45) is 0 Å². The van der Waals surface area contributed by atoms with Gasteiger partial charge in [-0.1, -0.05) is 35.9 Å². The zero-order valence-electron chi connectivity index (χ0n) is 15.0. The SMILES string of the molecule is Cc1ccc2[nH]c(=O)cc(C(=O)N(CCO)Cc3ccccc3C)c2c1. The Hall–Kier alpha value is -2.92. The standard InChI is InChI=1S/C21H22N2O3/c1-14-7-8-19-17(11-14)18(12-20(25)22-19)21(26)23(9-10-24)13-16-6-4-3-5-15(16)2/h3-8,11-12,24H,9-10,13H2,1-2H3,(H,22,25). The third-order valence-electron chi connectivity index (χ3n) is 4.51. The minimum Gasteiger partial charge on any atom is -0.395 e. The molecule has 134 valence electrons. The summed E-state index contributed by atoms with van der Waals surface area (Å²) in [4.78, 5) is 29.5. The molecule has 1 aromatic heterocycles. The van der Waals surface area contributed by atoms with Gasteiger partial charge in [0.05, 0.1) is 12.2 Å². The number of benzene rings is 2. The first-order chi connectivity index (χ1) is 12.5. The van der Waals surface area contributed by atoms with Gasteiger partial charge in [0.15, 0.2) is 0 Å². The summed E-state index contributed by atoms with van der Waals surface area (Å²) in [5, 5.41) is 10.1. The number of aromatic amines is 1. The van der Waals surface area contributed by atoms with Crippen molar-refractivity contribution in [2.45, 2.75) is 20.4 Å². The molecule has 0 spiro atoms. The molecule has 3 aromatic rings. The van der Waals surface area contributed by atoms with Gasteiger partial charge in [-0.15, -0.1) is 0 Å². The van der Waals surface area contributed by atoms with Gasteiger partial charge < -0.3 is 15.0 Å². The zero-order valence-corrected chi connectivity index (χ0v) is 15.0. The second-order valence-corrected chi connectivity index (χ2v) is 6.47. The van der Waals surface area contributed by atoms with Crippen LogP contribution in [0.1, 0.15) is 27.0 Å². The van der Waals surface area contributed by atoms with Gasteiger partial charge in [0, 0.05) is 30.1 Å². The molecular weight excluding hydrogens is 328 g/mol. The van der Waals surface area contributed by atoms with E-state index in [1.54, 1.807) is 11.0 Å². The first-order valence-corrected chi connectivity index (χ1v) is 8.58. The second kappa shape index (κ2) is 7.54. The minimum atomic E-state index is -0.315. The van der Waals surface area contributed by atoms with Crippen molar-refractivity contribution in [1.82, 2.24) is 9.88 Å². The van der Waals surface area contributed by atoms with Crippen LogP contribution in [0.5, 0.6) is 0 Å². The third-order valence-corrected chi connectivity index (χ3v) is 4.51. The number of hydrogen-bond donors (Lipinski definition) is 2. The van der Waals surface area contributed by atoms with Crippen molar-refractivity contribution in [3.8, 4) is 0 Å². The Kier molecular flexibility index (Phi) is 5.19. The van der Waals surface area contributed by atoms with E-state index in [0.717, 1.165) is 16.7 Å². The predicted octanol–water partition coefficient (Wildman–Crippen LogP) is 2.78. The van der Waals surface area contributed by atoms with Crippen LogP contribution in [-0.4, -0.2) is 34.0 Å². The molecule has 0 aliphatic rings.